The van der Waals surface area contributed by atoms with Crippen molar-refractivity contribution in [2.75, 3.05) is 0 Å². The molecule has 0 amide bonds. The van der Waals surface area contributed by atoms with Gasteiger partial charge in [0.1, 0.15) is 6.29 Å². The first-order chi connectivity index (χ1) is 8.57. The number of para-hydroxylation sites is 1. The summed E-state index contributed by atoms with van der Waals surface area (Å²) in [5, 5.41) is 0.729. The third kappa shape index (κ3) is 1.76. The minimum Gasteiger partial charge on any atom is -0.337 e. The van der Waals surface area contributed by atoms with Crippen molar-refractivity contribution < 1.29 is 14.0 Å². The summed E-state index contributed by atoms with van der Waals surface area (Å²) in [5.41, 5.74) is 1.76. The van der Waals surface area contributed by atoms with Crippen molar-refractivity contribution in [2.24, 2.45) is 0 Å². The summed E-state index contributed by atoms with van der Waals surface area (Å²) in [4.78, 5) is 21.6. The van der Waals surface area contributed by atoms with E-state index in [0.717, 1.165) is 17.2 Å². The number of carbonyl (C=O) groups is 2. The molecule has 0 unspecified atom stereocenters. The largest absolute Gasteiger partial charge is 0.337 e. The SMILES string of the molecule is C=C(C(=O)F)c1c(C)n(CC=O)c2ccccc12. The average Bonchev–Trinajstić information content (AvgIpc) is 2.62. The minimum absolute atomic E-state index is 0.167. The van der Waals surface area contributed by atoms with Gasteiger partial charge in [-0.2, -0.15) is 4.39 Å². The normalized spacial score (nSPS) is 10.6. The van der Waals surface area contributed by atoms with E-state index < -0.39 is 6.04 Å². The third-order valence-corrected chi connectivity index (χ3v) is 3.03. The summed E-state index contributed by atoms with van der Waals surface area (Å²) < 4.78 is 14.6. The highest BCUT2D eigenvalue weighted by Gasteiger charge is 2.19. The molecule has 1 heterocycles. The van der Waals surface area contributed by atoms with Crippen LogP contribution in [0, 0.1) is 6.92 Å². The predicted octanol–water partition coefficient (Wildman–Crippen LogP) is 2.66. The van der Waals surface area contributed by atoms with Crippen LogP contribution in [0.3, 0.4) is 0 Å². The van der Waals surface area contributed by atoms with Gasteiger partial charge < -0.3 is 9.36 Å². The maximum absolute atomic E-state index is 12.9. The molecule has 0 bridgehead atoms. The molecule has 1 aromatic carbocycles. The Morgan fingerprint density at radius 2 is 2.11 bits per heavy atom. The van der Waals surface area contributed by atoms with Crippen LogP contribution in [0.1, 0.15) is 11.3 Å². The van der Waals surface area contributed by atoms with E-state index in [2.05, 4.69) is 6.58 Å². The zero-order valence-corrected chi connectivity index (χ0v) is 9.94. The number of hydrogen-bond donors (Lipinski definition) is 0. The Labute approximate surface area is 104 Å². The average molecular weight is 245 g/mol. The molecule has 2 aromatic rings. The number of aldehydes is 1. The number of benzene rings is 1. The smallest absolute Gasteiger partial charge is 0.332 e. The molecule has 92 valence electrons. The molecule has 18 heavy (non-hydrogen) atoms. The molecule has 0 N–H and O–H groups in total. The predicted molar refractivity (Wildman–Crippen MR) is 67.9 cm³/mol. The van der Waals surface area contributed by atoms with Crippen LogP contribution in [0.4, 0.5) is 4.39 Å². The Hall–Kier alpha value is -2.23. The van der Waals surface area contributed by atoms with Crippen molar-refractivity contribution in [1.82, 2.24) is 4.57 Å². The second-order valence-corrected chi connectivity index (χ2v) is 4.01. The van der Waals surface area contributed by atoms with Gasteiger partial charge in [-0.05, 0) is 13.0 Å². The molecule has 0 aliphatic carbocycles. The highest BCUT2D eigenvalue weighted by molar-refractivity contribution is 6.19. The number of hydrogen-bond acceptors (Lipinski definition) is 2. The molecule has 0 saturated carbocycles. The van der Waals surface area contributed by atoms with Gasteiger partial charge in [0, 0.05) is 22.2 Å². The third-order valence-electron chi connectivity index (χ3n) is 3.03. The van der Waals surface area contributed by atoms with E-state index in [-0.39, 0.29) is 12.1 Å². The van der Waals surface area contributed by atoms with E-state index >= 15 is 0 Å². The monoisotopic (exact) mass is 245 g/mol. The first-order valence-corrected chi connectivity index (χ1v) is 5.48. The Kier molecular flexibility index (Phi) is 3.10. The second kappa shape index (κ2) is 4.56. The first-order valence-electron chi connectivity index (χ1n) is 5.48. The van der Waals surface area contributed by atoms with Crippen LogP contribution >= 0.6 is 0 Å². The first kappa shape index (κ1) is 12.2. The summed E-state index contributed by atoms with van der Waals surface area (Å²) in [7, 11) is 0. The fourth-order valence-electron chi connectivity index (χ4n) is 2.22. The van der Waals surface area contributed by atoms with E-state index in [9.17, 15) is 14.0 Å². The van der Waals surface area contributed by atoms with Gasteiger partial charge in [-0.15, -0.1) is 0 Å². The summed E-state index contributed by atoms with van der Waals surface area (Å²) in [6.07, 6.45) is 0.767. The molecule has 4 heteroatoms. The zero-order valence-electron chi connectivity index (χ0n) is 9.94. The van der Waals surface area contributed by atoms with Crippen LogP contribution in [0.15, 0.2) is 30.8 Å². The summed E-state index contributed by atoms with van der Waals surface area (Å²) in [6, 6.07) is 5.68. The van der Waals surface area contributed by atoms with Crippen LogP contribution < -0.4 is 0 Å². The number of nitrogens with zero attached hydrogens (tertiary/aromatic N) is 1. The van der Waals surface area contributed by atoms with E-state index in [1.165, 1.54) is 0 Å². The van der Waals surface area contributed by atoms with Gasteiger partial charge in [-0.1, -0.05) is 24.8 Å². The van der Waals surface area contributed by atoms with Crippen LogP contribution in [-0.4, -0.2) is 16.9 Å². The maximum atomic E-state index is 12.9. The van der Waals surface area contributed by atoms with Gasteiger partial charge in [0.05, 0.1) is 12.1 Å². The van der Waals surface area contributed by atoms with Crippen molar-refractivity contribution in [3.05, 3.63) is 42.1 Å². The number of allylic oxidation sites excluding steroid dienone is 1. The molecule has 0 fully saturated rings. The highest BCUT2D eigenvalue weighted by atomic mass is 19.1. The van der Waals surface area contributed by atoms with Gasteiger partial charge in [0.2, 0.25) is 0 Å². The topological polar surface area (TPSA) is 39.1 Å². The van der Waals surface area contributed by atoms with Crippen molar-refractivity contribution in [2.45, 2.75) is 13.5 Å². The van der Waals surface area contributed by atoms with E-state index in [1.54, 1.807) is 23.6 Å². The summed E-state index contributed by atoms with van der Waals surface area (Å²) >= 11 is 0. The number of aromatic nitrogens is 1. The minimum atomic E-state index is -1.55. The Morgan fingerprint density at radius 1 is 1.44 bits per heavy atom. The van der Waals surface area contributed by atoms with Crippen molar-refractivity contribution >= 4 is 28.8 Å². The van der Waals surface area contributed by atoms with Gasteiger partial charge in [-0.3, -0.25) is 4.79 Å². The Balaban J connectivity index is 2.80. The molecule has 3 nitrogen and oxygen atoms in total. The Bertz CT molecular complexity index is 655. The van der Waals surface area contributed by atoms with Crippen LogP contribution in [0.25, 0.3) is 16.5 Å². The van der Waals surface area contributed by atoms with Crippen molar-refractivity contribution in [3.63, 3.8) is 0 Å². The fourth-order valence-corrected chi connectivity index (χ4v) is 2.22. The maximum Gasteiger partial charge on any atom is 0.332 e. The van der Waals surface area contributed by atoms with Crippen molar-refractivity contribution in [3.8, 4) is 0 Å². The van der Waals surface area contributed by atoms with E-state index in [1.807, 2.05) is 12.1 Å². The molecule has 1 aromatic heterocycles. The zero-order chi connectivity index (χ0) is 13.3. The molecule has 0 saturated heterocycles. The molecule has 0 spiro atoms. The highest BCUT2D eigenvalue weighted by Crippen LogP contribution is 2.31. The van der Waals surface area contributed by atoms with E-state index in [0.29, 0.717) is 11.3 Å². The lowest BCUT2D eigenvalue weighted by Crippen LogP contribution is -2.02. The van der Waals surface area contributed by atoms with Gasteiger partial charge in [-0.25, -0.2) is 0 Å². The van der Waals surface area contributed by atoms with Crippen molar-refractivity contribution in [1.29, 1.82) is 0 Å². The molecule has 0 radical (unpaired) electrons. The second-order valence-electron chi connectivity index (χ2n) is 4.01. The fraction of sp³-hybridized carbons (Fsp3) is 0.143. The number of halogens is 1. The van der Waals surface area contributed by atoms with E-state index in [4.69, 9.17) is 0 Å². The molecular formula is C14H12FNO2. The molecule has 2 rings (SSSR count). The van der Waals surface area contributed by atoms with Gasteiger partial charge in [0.15, 0.2) is 0 Å². The lowest BCUT2D eigenvalue weighted by molar-refractivity contribution is -0.123. The van der Waals surface area contributed by atoms with Crippen LogP contribution in [-0.2, 0) is 16.1 Å². The lowest BCUT2D eigenvalue weighted by atomic mass is 10.0. The number of rotatable bonds is 4. The van der Waals surface area contributed by atoms with Crippen LogP contribution in [0.2, 0.25) is 0 Å². The summed E-state index contributed by atoms with van der Waals surface area (Å²) in [5.74, 6) is 0. The lowest BCUT2D eigenvalue weighted by Gasteiger charge is -2.03. The molecule has 0 atom stereocenters. The van der Waals surface area contributed by atoms with Crippen LogP contribution in [0.5, 0.6) is 0 Å². The number of fused-ring (bicyclic) bond motifs is 1. The molecule has 0 aliphatic heterocycles. The summed E-state index contributed by atoms with van der Waals surface area (Å²) in [6.45, 7) is 5.39. The Morgan fingerprint density at radius 3 is 2.72 bits per heavy atom. The quantitative estimate of drug-likeness (QED) is 0.472. The molecule has 0 aliphatic rings. The van der Waals surface area contributed by atoms with Gasteiger partial charge >= 0.3 is 6.04 Å². The molecular weight excluding hydrogens is 233 g/mol. The number of carbonyl (C=O) groups excluding carboxylic acids is 2. The standard InChI is InChI=1S/C14H12FNO2/c1-9(14(15)18)13-10(2)16(7-8-17)12-6-4-3-5-11(12)13/h3-6,8H,1,7H2,2H3. The van der Waals surface area contributed by atoms with Gasteiger partial charge in [0.25, 0.3) is 0 Å².